The monoisotopic (exact) mass is 398 g/mol. The number of alkyl halides is 2. The second-order valence-corrected chi connectivity index (χ2v) is 8.04. The minimum absolute atomic E-state index is 0.0454. The topological polar surface area (TPSA) is 73.1 Å². The Kier molecular flexibility index (Phi) is 6.47. The van der Waals surface area contributed by atoms with E-state index in [1.54, 1.807) is 28.9 Å². The van der Waals surface area contributed by atoms with Crippen LogP contribution in [-0.4, -0.2) is 29.5 Å². The number of nitrogens with one attached hydrogen (secondary N) is 1. The Hall–Kier alpha value is -1.68. The molecule has 0 aliphatic carbocycles. The van der Waals surface area contributed by atoms with Crippen molar-refractivity contribution < 1.29 is 13.5 Å². The van der Waals surface area contributed by atoms with Crippen molar-refractivity contribution in [3.63, 3.8) is 0 Å². The Morgan fingerprint density at radius 1 is 1.38 bits per heavy atom. The van der Waals surface area contributed by atoms with Crippen molar-refractivity contribution in [2.75, 3.05) is 11.9 Å². The molecule has 3 aromatic heterocycles. The Morgan fingerprint density at radius 2 is 2.23 bits per heavy atom. The first-order chi connectivity index (χ1) is 12.5. The summed E-state index contributed by atoms with van der Waals surface area (Å²) in [6, 6.07) is 3.86. The maximum Gasteiger partial charge on any atom is 0.345 e. The summed E-state index contributed by atoms with van der Waals surface area (Å²) in [5, 5.41) is 13.8. The number of ether oxygens (including phenoxy) is 1. The molecule has 0 aromatic carbocycles. The van der Waals surface area contributed by atoms with Gasteiger partial charge in [0.25, 0.3) is 0 Å². The molecule has 0 amide bonds. The number of nitrogens with zero attached hydrogens (tertiary/aromatic N) is 2. The zero-order valence-electron chi connectivity index (χ0n) is 14.2. The third-order valence-corrected chi connectivity index (χ3v) is 6.23. The molecule has 0 aliphatic rings. The van der Waals surface area contributed by atoms with Crippen LogP contribution < -0.4 is 11.1 Å². The molecule has 0 saturated carbocycles. The van der Waals surface area contributed by atoms with Crippen LogP contribution in [0.3, 0.4) is 0 Å². The summed E-state index contributed by atoms with van der Waals surface area (Å²) < 4.78 is 29.4. The van der Waals surface area contributed by atoms with E-state index in [1.807, 2.05) is 18.4 Å². The number of rotatable bonds is 9. The van der Waals surface area contributed by atoms with Crippen molar-refractivity contribution in [3.8, 4) is 0 Å². The Labute approximate surface area is 158 Å². The molecule has 9 heteroatoms. The van der Waals surface area contributed by atoms with Gasteiger partial charge in [-0.25, -0.2) is 0 Å². The minimum Gasteiger partial charge on any atom is -0.378 e. The second-order valence-electron chi connectivity index (χ2n) is 5.90. The van der Waals surface area contributed by atoms with Crippen LogP contribution in [0.15, 0.2) is 23.7 Å². The summed E-state index contributed by atoms with van der Waals surface area (Å²) >= 11 is 3.32. The zero-order valence-corrected chi connectivity index (χ0v) is 15.9. The van der Waals surface area contributed by atoms with Gasteiger partial charge in [-0.05, 0) is 36.8 Å². The van der Waals surface area contributed by atoms with Gasteiger partial charge in [0, 0.05) is 22.3 Å². The fourth-order valence-electron chi connectivity index (χ4n) is 2.62. The number of nitrogens with two attached hydrogens (primary N) is 1. The minimum atomic E-state index is -2.75. The van der Waals surface area contributed by atoms with Crippen molar-refractivity contribution in [3.05, 3.63) is 39.0 Å². The average Bonchev–Trinajstić information content (AvgIpc) is 3.22. The molecule has 3 heterocycles. The van der Waals surface area contributed by atoms with Gasteiger partial charge in [0.2, 0.25) is 0 Å². The van der Waals surface area contributed by atoms with Gasteiger partial charge in [0.05, 0.1) is 23.2 Å². The van der Waals surface area contributed by atoms with Gasteiger partial charge < -0.3 is 15.8 Å². The highest BCUT2D eigenvalue weighted by atomic mass is 32.1. The molecule has 1 atom stereocenters. The van der Waals surface area contributed by atoms with Crippen LogP contribution in [0.1, 0.15) is 21.7 Å². The summed E-state index contributed by atoms with van der Waals surface area (Å²) in [4.78, 5) is 2.34. The largest absolute Gasteiger partial charge is 0.378 e. The van der Waals surface area contributed by atoms with Crippen LogP contribution in [-0.2, 0) is 17.7 Å². The number of aryl methyl sites for hydroxylation is 1. The van der Waals surface area contributed by atoms with Gasteiger partial charge in [-0.15, -0.1) is 27.8 Å². The van der Waals surface area contributed by atoms with E-state index in [0.717, 1.165) is 32.9 Å². The van der Waals surface area contributed by atoms with Crippen molar-refractivity contribution in [1.82, 2.24) is 10.2 Å². The van der Waals surface area contributed by atoms with E-state index in [9.17, 15) is 8.78 Å². The van der Waals surface area contributed by atoms with Crippen molar-refractivity contribution in [2.45, 2.75) is 39.0 Å². The maximum atomic E-state index is 12.1. The van der Waals surface area contributed by atoms with Gasteiger partial charge in [0.15, 0.2) is 0 Å². The molecular weight excluding hydrogens is 378 g/mol. The fourth-order valence-corrected chi connectivity index (χ4v) is 4.58. The molecule has 0 aliphatic heterocycles. The van der Waals surface area contributed by atoms with E-state index in [4.69, 9.17) is 5.73 Å². The van der Waals surface area contributed by atoms with Gasteiger partial charge >= 0.3 is 6.61 Å². The number of thiophene rings is 2. The van der Waals surface area contributed by atoms with Gasteiger partial charge in [-0.3, -0.25) is 0 Å². The number of halogens is 2. The lowest BCUT2D eigenvalue weighted by molar-refractivity contribution is -0.129. The predicted octanol–water partition coefficient (Wildman–Crippen LogP) is 4.17. The van der Waals surface area contributed by atoms with Crippen LogP contribution in [0.4, 0.5) is 14.5 Å². The van der Waals surface area contributed by atoms with Crippen LogP contribution in [0, 0.1) is 6.92 Å². The summed E-state index contributed by atoms with van der Waals surface area (Å²) in [6.45, 7) is -0.0693. The van der Waals surface area contributed by atoms with Gasteiger partial charge in [-0.1, -0.05) is 6.07 Å². The van der Waals surface area contributed by atoms with E-state index >= 15 is 0 Å². The SMILES string of the molecule is Cc1c(CC(N)CCOC(F)F)sc2c(NCc3cccs3)cnnc12. The van der Waals surface area contributed by atoms with E-state index in [0.29, 0.717) is 12.8 Å². The number of hydrogen-bond acceptors (Lipinski definition) is 7. The van der Waals surface area contributed by atoms with Crippen LogP contribution >= 0.6 is 22.7 Å². The molecule has 0 saturated heterocycles. The molecule has 3 N–H and O–H groups in total. The molecular formula is C17H20F2N4OS2. The highest BCUT2D eigenvalue weighted by Gasteiger charge is 2.16. The van der Waals surface area contributed by atoms with Crippen LogP contribution in [0.2, 0.25) is 0 Å². The Balaban J connectivity index is 1.71. The third-order valence-electron chi connectivity index (χ3n) is 4.02. The van der Waals surface area contributed by atoms with Crippen LogP contribution in [0.5, 0.6) is 0 Å². The predicted molar refractivity (Wildman–Crippen MR) is 102 cm³/mol. The number of fused-ring (bicyclic) bond motifs is 1. The van der Waals surface area contributed by atoms with Crippen molar-refractivity contribution in [1.29, 1.82) is 0 Å². The maximum absolute atomic E-state index is 12.1. The van der Waals surface area contributed by atoms with E-state index in [2.05, 4.69) is 26.3 Å². The molecule has 0 fully saturated rings. The smallest absolute Gasteiger partial charge is 0.345 e. The van der Waals surface area contributed by atoms with Gasteiger partial charge in [-0.2, -0.15) is 13.9 Å². The quantitative estimate of drug-likeness (QED) is 0.566. The van der Waals surface area contributed by atoms with E-state index in [-0.39, 0.29) is 12.6 Å². The van der Waals surface area contributed by atoms with E-state index in [1.165, 1.54) is 4.88 Å². The molecule has 0 spiro atoms. The van der Waals surface area contributed by atoms with Crippen molar-refractivity contribution in [2.24, 2.45) is 5.73 Å². The lowest BCUT2D eigenvalue weighted by atomic mass is 10.1. The van der Waals surface area contributed by atoms with E-state index < -0.39 is 6.61 Å². The third kappa shape index (κ3) is 4.73. The van der Waals surface area contributed by atoms with Gasteiger partial charge in [0.1, 0.15) is 5.52 Å². The second kappa shape index (κ2) is 8.81. The molecule has 26 heavy (non-hydrogen) atoms. The van der Waals surface area contributed by atoms with Crippen molar-refractivity contribution >= 4 is 38.6 Å². The summed E-state index contributed by atoms with van der Waals surface area (Å²) in [6.07, 6.45) is 2.71. The lowest BCUT2D eigenvalue weighted by Gasteiger charge is -2.11. The molecule has 3 aromatic rings. The summed E-state index contributed by atoms with van der Waals surface area (Å²) in [5.74, 6) is 0. The summed E-state index contributed by atoms with van der Waals surface area (Å²) in [7, 11) is 0. The Bertz CT molecular complexity index is 839. The first-order valence-electron chi connectivity index (χ1n) is 8.20. The number of aromatic nitrogens is 2. The highest BCUT2D eigenvalue weighted by molar-refractivity contribution is 7.19. The first-order valence-corrected chi connectivity index (χ1v) is 9.89. The molecule has 3 rings (SSSR count). The highest BCUT2D eigenvalue weighted by Crippen LogP contribution is 2.35. The molecule has 5 nitrogen and oxygen atoms in total. The zero-order chi connectivity index (χ0) is 18.5. The Morgan fingerprint density at radius 3 is 2.96 bits per heavy atom. The molecule has 140 valence electrons. The molecule has 0 radical (unpaired) electrons. The number of hydrogen-bond donors (Lipinski definition) is 2. The molecule has 1 unspecified atom stereocenters. The van der Waals surface area contributed by atoms with Crippen LogP contribution in [0.25, 0.3) is 10.2 Å². The lowest BCUT2D eigenvalue weighted by Crippen LogP contribution is -2.25. The summed E-state index contributed by atoms with van der Waals surface area (Å²) in [5.41, 5.74) is 8.92. The number of anilines is 1. The first kappa shape index (κ1) is 19.1. The fraction of sp³-hybridized carbons (Fsp3) is 0.412. The molecule has 0 bridgehead atoms. The normalized spacial score (nSPS) is 12.8. The standard InChI is InChI=1S/C17H20F2N4OS2/c1-10-14(7-11(20)4-5-24-17(18)19)26-16-13(9-22-23-15(10)16)21-8-12-3-2-6-25-12/h2-3,6,9,11,17H,4-5,7-8,20H2,1H3,(H,21,23). The average molecular weight is 399 g/mol.